The monoisotopic (exact) mass is 352 g/mol. The first kappa shape index (κ1) is 15.5. The fourth-order valence-corrected chi connectivity index (χ4v) is 3.28. The Morgan fingerprint density at radius 3 is 3.00 bits per heavy atom. The second-order valence-corrected chi connectivity index (χ2v) is 6.69. The maximum atomic E-state index is 10.3. The molecule has 0 saturated heterocycles. The molecule has 126 valence electrons. The van der Waals surface area contributed by atoms with Gasteiger partial charge < -0.3 is 10.4 Å². The largest absolute Gasteiger partial charge is 0.493 e. The number of thiazole rings is 1. The number of rotatable bonds is 4. The summed E-state index contributed by atoms with van der Waals surface area (Å²) < 4.78 is 1.62. The van der Waals surface area contributed by atoms with Crippen LogP contribution in [0.2, 0.25) is 0 Å². The highest BCUT2D eigenvalue weighted by Crippen LogP contribution is 2.22. The lowest BCUT2D eigenvalue weighted by molar-refractivity contribution is 0.432. The van der Waals surface area contributed by atoms with Crippen LogP contribution in [-0.4, -0.2) is 25.9 Å². The van der Waals surface area contributed by atoms with Crippen LogP contribution in [0.3, 0.4) is 0 Å². The van der Waals surface area contributed by atoms with Gasteiger partial charge in [-0.3, -0.25) is 4.57 Å². The smallest absolute Gasteiger partial charge is 0.220 e. The van der Waals surface area contributed by atoms with Crippen molar-refractivity contribution in [3.8, 4) is 5.88 Å². The molecule has 0 atom stereocenters. The van der Waals surface area contributed by atoms with Crippen molar-refractivity contribution in [3.63, 3.8) is 0 Å². The zero-order chi connectivity index (χ0) is 17.4. The lowest BCUT2D eigenvalue weighted by Crippen LogP contribution is -2.11. The van der Waals surface area contributed by atoms with Crippen molar-refractivity contribution in [2.24, 2.45) is 17.3 Å². The van der Waals surface area contributed by atoms with Crippen molar-refractivity contribution in [1.29, 1.82) is 0 Å². The molecule has 2 N–H and O–H groups in total. The summed E-state index contributed by atoms with van der Waals surface area (Å²) in [4.78, 5) is 8.90. The molecule has 7 nitrogen and oxygen atoms in total. The number of aromatic nitrogens is 3. The SMILES string of the molecule is Cc1csc(CNc2nc(/C=c3\ccc4c(c3)C=NN=4)c(O)n2C)n1. The minimum absolute atomic E-state index is 0.108. The Bertz CT molecular complexity index is 1100. The minimum atomic E-state index is 0.108. The predicted octanol–water partition coefficient (Wildman–Crippen LogP) is 1.30. The van der Waals surface area contributed by atoms with Crippen LogP contribution in [0, 0.1) is 6.92 Å². The molecule has 0 aliphatic carbocycles. The summed E-state index contributed by atoms with van der Waals surface area (Å²) in [6.45, 7) is 2.54. The summed E-state index contributed by atoms with van der Waals surface area (Å²) in [6.07, 6.45) is 3.55. The Morgan fingerprint density at radius 1 is 1.32 bits per heavy atom. The van der Waals surface area contributed by atoms with E-state index >= 15 is 0 Å². The standard InChI is InChI=1S/C17H16N6OS/c1-10-9-25-15(20-10)8-18-17-21-14(16(24)23(17)2)6-11-3-4-13-12(5-11)7-19-22-13/h3-7,9,24H,8H2,1-2H3,(H,18,21)/b11-6+. The lowest BCUT2D eigenvalue weighted by atomic mass is 10.2. The summed E-state index contributed by atoms with van der Waals surface area (Å²) in [6, 6.07) is 5.80. The van der Waals surface area contributed by atoms with Crippen LogP contribution >= 0.6 is 11.3 Å². The third-order valence-electron chi connectivity index (χ3n) is 3.87. The second-order valence-electron chi connectivity index (χ2n) is 5.75. The van der Waals surface area contributed by atoms with E-state index in [9.17, 15) is 5.11 Å². The molecule has 0 fully saturated rings. The molecular formula is C17H16N6OS. The van der Waals surface area contributed by atoms with Crippen molar-refractivity contribution < 1.29 is 5.11 Å². The number of aryl methyl sites for hydroxylation is 1. The van der Waals surface area contributed by atoms with Gasteiger partial charge in [0.05, 0.1) is 18.1 Å². The van der Waals surface area contributed by atoms with Crippen molar-refractivity contribution in [2.75, 3.05) is 5.32 Å². The molecule has 1 aliphatic heterocycles. The number of anilines is 1. The number of nitrogens with zero attached hydrogens (tertiary/aromatic N) is 5. The summed E-state index contributed by atoms with van der Waals surface area (Å²) in [7, 11) is 1.77. The number of fused-ring (bicyclic) bond motifs is 1. The van der Waals surface area contributed by atoms with E-state index in [1.807, 2.05) is 36.6 Å². The van der Waals surface area contributed by atoms with Gasteiger partial charge >= 0.3 is 0 Å². The summed E-state index contributed by atoms with van der Waals surface area (Å²) in [5, 5.41) is 26.2. The molecule has 0 bridgehead atoms. The third kappa shape index (κ3) is 3.03. The first-order valence-electron chi connectivity index (χ1n) is 7.73. The van der Waals surface area contributed by atoms with Gasteiger partial charge in [0, 0.05) is 23.7 Å². The number of hydrogen-bond acceptors (Lipinski definition) is 7. The molecule has 2 aromatic heterocycles. The minimum Gasteiger partial charge on any atom is -0.493 e. The van der Waals surface area contributed by atoms with E-state index in [0.29, 0.717) is 18.2 Å². The van der Waals surface area contributed by atoms with Gasteiger partial charge in [0.25, 0.3) is 0 Å². The van der Waals surface area contributed by atoms with Crippen molar-refractivity contribution in [1.82, 2.24) is 14.5 Å². The van der Waals surface area contributed by atoms with Gasteiger partial charge in [-0.05, 0) is 30.4 Å². The molecule has 4 rings (SSSR count). The Kier molecular flexibility index (Phi) is 3.81. The predicted molar refractivity (Wildman–Crippen MR) is 97.4 cm³/mol. The average molecular weight is 352 g/mol. The maximum Gasteiger partial charge on any atom is 0.220 e. The van der Waals surface area contributed by atoms with Crippen LogP contribution in [-0.2, 0) is 13.6 Å². The number of nitrogens with one attached hydrogen (secondary N) is 1. The molecule has 3 heterocycles. The second kappa shape index (κ2) is 6.14. The topological polar surface area (TPSA) is 87.7 Å². The van der Waals surface area contributed by atoms with Gasteiger partial charge in [-0.2, -0.15) is 10.2 Å². The number of benzene rings is 1. The Balaban J connectivity index is 1.62. The molecule has 8 heteroatoms. The number of aromatic hydroxyl groups is 1. The van der Waals surface area contributed by atoms with Crippen LogP contribution in [0.25, 0.3) is 6.08 Å². The van der Waals surface area contributed by atoms with E-state index < -0.39 is 0 Å². The quantitative estimate of drug-likeness (QED) is 0.741. The van der Waals surface area contributed by atoms with Crippen molar-refractivity contribution in [3.05, 3.63) is 56.1 Å². The van der Waals surface area contributed by atoms with Crippen LogP contribution in [0.15, 0.2) is 33.8 Å². The summed E-state index contributed by atoms with van der Waals surface area (Å²) in [5.41, 5.74) is 2.47. The highest BCUT2D eigenvalue weighted by atomic mass is 32.1. The van der Waals surface area contributed by atoms with Gasteiger partial charge in [-0.15, -0.1) is 11.3 Å². The fourth-order valence-electron chi connectivity index (χ4n) is 2.57. The molecular weight excluding hydrogens is 336 g/mol. The summed E-state index contributed by atoms with van der Waals surface area (Å²) in [5.74, 6) is 0.700. The van der Waals surface area contributed by atoms with Gasteiger partial charge in [0.15, 0.2) is 0 Å². The molecule has 0 saturated carbocycles. The molecule has 25 heavy (non-hydrogen) atoms. The number of hydrogen-bond donors (Lipinski definition) is 2. The van der Waals surface area contributed by atoms with E-state index in [4.69, 9.17) is 0 Å². The Labute approximate surface area is 147 Å². The Hall–Kier alpha value is -3.00. The highest BCUT2D eigenvalue weighted by molar-refractivity contribution is 7.09. The first-order chi connectivity index (χ1) is 12.1. The van der Waals surface area contributed by atoms with Crippen molar-refractivity contribution in [2.45, 2.75) is 13.5 Å². The number of imidazole rings is 1. The van der Waals surface area contributed by atoms with Crippen LogP contribution in [0.1, 0.15) is 22.0 Å². The van der Waals surface area contributed by atoms with Gasteiger partial charge in [-0.25, -0.2) is 9.97 Å². The molecule has 0 amide bonds. The zero-order valence-corrected chi connectivity index (χ0v) is 14.6. The van der Waals surface area contributed by atoms with E-state index in [2.05, 4.69) is 25.5 Å². The van der Waals surface area contributed by atoms with E-state index in [0.717, 1.165) is 26.8 Å². The van der Waals surface area contributed by atoms with Crippen LogP contribution < -0.4 is 15.9 Å². The van der Waals surface area contributed by atoms with E-state index in [-0.39, 0.29) is 5.88 Å². The van der Waals surface area contributed by atoms with E-state index in [1.165, 1.54) is 0 Å². The Morgan fingerprint density at radius 2 is 2.20 bits per heavy atom. The zero-order valence-electron chi connectivity index (χ0n) is 13.8. The lowest BCUT2D eigenvalue weighted by Gasteiger charge is -2.03. The fraction of sp³-hybridized carbons (Fsp3) is 0.176. The third-order valence-corrected chi connectivity index (χ3v) is 4.84. The molecule has 1 aromatic carbocycles. The normalized spacial score (nSPS) is 13.1. The molecule has 3 aromatic rings. The average Bonchev–Trinajstić information content (AvgIpc) is 3.29. The van der Waals surface area contributed by atoms with Gasteiger partial charge in [0.2, 0.25) is 11.8 Å². The molecule has 0 unspecified atom stereocenters. The maximum absolute atomic E-state index is 10.3. The van der Waals surface area contributed by atoms with E-state index in [1.54, 1.807) is 29.2 Å². The van der Waals surface area contributed by atoms with Gasteiger partial charge in [-0.1, -0.05) is 6.07 Å². The van der Waals surface area contributed by atoms with Crippen LogP contribution in [0.5, 0.6) is 5.88 Å². The first-order valence-corrected chi connectivity index (χ1v) is 8.61. The molecule has 0 spiro atoms. The van der Waals surface area contributed by atoms with Crippen molar-refractivity contribution >= 4 is 29.6 Å². The van der Waals surface area contributed by atoms with Crippen LogP contribution in [0.4, 0.5) is 5.95 Å². The van der Waals surface area contributed by atoms with Gasteiger partial charge in [0.1, 0.15) is 10.7 Å². The summed E-state index contributed by atoms with van der Waals surface area (Å²) >= 11 is 1.60. The molecule has 1 aliphatic rings. The molecule has 0 radical (unpaired) electrons. The highest BCUT2D eigenvalue weighted by Gasteiger charge is 2.12.